The molecule has 2 atom stereocenters. The lowest BCUT2D eigenvalue weighted by molar-refractivity contribution is 0.385. The van der Waals surface area contributed by atoms with Crippen LogP contribution in [0, 0.1) is 5.92 Å². The number of rotatable bonds is 6. The van der Waals surface area contributed by atoms with E-state index < -0.39 is 0 Å². The van der Waals surface area contributed by atoms with Crippen molar-refractivity contribution in [1.29, 1.82) is 0 Å². The van der Waals surface area contributed by atoms with Gasteiger partial charge in [0, 0.05) is 12.2 Å². The summed E-state index contributed by atoms with van der Waals surface area (Å²) in [7, 11) is 1.70. The number of nitrogens with zero attached hydrogens (tertiary/aromatic N) is 1. The molecule has 0 aromatic carbocycles. The Morgan fingerprint density at radius 1 is 1.56 bits per heavy atom. The van der Waals surface area contributed by atoms with E-state index in [0.29, 0.717) is 6.04 Å². The Labute approximate surface area is 114 Å². The van der Waals surface area contributed by atoms with Crippen molar-refractivity contribution in [3.63, 3.8) is 0 Å². The molecule has 2 rings (SSSR count). The lowest BCUT2D eigenvalue weighted by Gasteiger charge is -2.24. The number of aromatic nitrogens is 1. The van der Waals surface area contributed by atoms with E-state index in [1.807, 2.05) is 6.20 Å². The first-order valence-corrected chi connectivity index (χ1v) is 7.80. The molecule has 2 unspecified atom stereocenters. The predicted octanol–water partition coefficient (Wildman–Crippen LogP) is 2.88. The smallest absolute Gasteiger partial charge is 0.137 e. The molecule has 1 aliphatic heterocycles. The number of ether oxygens (including phenoxy) is 1. The highest BCUT2D eigenvalue weighted by Crippen LogP contribution is 2.34. The van der Waals surface area contributed by atoms with Gasteiger partial charge < -0.3 is 10.1 Å². The quantitative estimate of drug-likeness (QED) is 0.858. The zero-order chi connectivity index (χ0) is 12.8. The molecule has 2 heterocycles. The number of hydrogen-bond donors (Lipinski definition) is 1. The molecule has 1 saturated heterocycles. The Morgan fingerprint density at radius 2 is 2.44 bits per heavy atom. The fraction of sp³-hybridized carbons (Fsp3) is 0.643. The van der Waals surface area contributed by atoms with Crippen LogP contribution in [-0.4, -0.2) is 30.1 Å². The summed E-state index contributed by atoms with van der Waals surface area (Å²) in [5.74, 6) is 4.10. The van der Waals surface area contributed by atoms with Crippen LogP contribution in [0.5, 0.6) is 5.75 Å². The van der Waals surface area contributed by atoms with Crippen LogP contribution in [0.3, 0.4) is 0 Å². The highest BCUT2D eigenvalue weighted by atomic mass is 32.2. The van der Waals surface area contributed by atoms with Gasteiger partial charge in [-0.05, 0) is 48.4 Å². The summed E-state index contributed by atoms with van der Waals surface area (Å²) in [6, 6.07) is 2.53. The molecule has 0 spiro atoms. The van der Waals surface area contributed by atoms with Crippen molar-refractivity contribution in [2.24, 2.45) is 5.92 Å². The second-order valence-electron chi connectivity index (χ2n) is 4.71. The Balaban J connectivity index is 2.14. The topological polar surface area (TPSA) is 34.2 Å². The van der Waals surface area contributed by atoms with E-state index in [-0.39, 0.29) is 0 Å². The van der Waals surface area contributed by atoms with Gasteiger partial charge in [-0.3, -0.25) is 4.98 Å². The van der Waals surface area contributed by atoms with Crippen molar-refractivity contribution in [2.75, 3.05) is 25.2 Å². The Bertz CT molecular complexity index is 367. The first-order chi connectivity index (χ1) is 8.85. The van der Waals surface area contributed by atoms with Crippen LogP contribution in [0.25, 0.3) is 0 Å². The molecule has 1 aliphatic rings. The van der Waals surface area contributed by atoms with Gasteiger partial charge in [-0.1, -0.05) is 6.92 Å². The third kappa shape index (κ3) is 3.39. The highest BCUT2D eigenvalue weighted by Gasteiger charge is 2.26. The maximum absolute atomic E-state index is 5.28. The average molecular weight is 266 g/mol. The Morgan fingerprint density at radius 3 is 3.11 bits per heavy atom. The number of methoxy groups -OCH3 is 1. The number of nitrogens with one attached hydrogen (secondary N) is 1. The van der Waals surface area contributed by atoms with E-state index >= 15 is 0 Å². The minimum Gasteiger partial charge on any atom is -0.495 e. The van der Waals surface area contributed by atoms with Gasteiger partial charge in [0.2, 0.25) is 0 Å². The molecule has 1 fully saturated rings. The predicted molar refractivity (Wildman–Crippen MR) is 77.3 cm³/mol. The molecule has 100 valence electrons. The first-order valence-electron chi connectivity index (χ1n) is 6.65. The van der Waals surface area contributed by atoms with E-state index in [1.165, 1.54) is 23.5 Å². The van der Waals surface area contributed by atoms with Crippen LogP contribution < -0.4 is 10.1 Å². The lowest BCUT2D eigenvalue weighted by Crippen LogP contribution is -2.29. The fourth-order valence-electron chi connectivity index (χ4n) is 2.39. The SMILES string of the molecule is CCCNC(c1cncc(OC)c1)C1CCSC1. The van der Waals surface area contributed by atoms with Gasteiger partial charge in [0.1, 0.15) is 5.75 Å². The van der Waals surface area contributed by atoms with Crippen molar-refractivity contribution in [3.05, 3.63) is 24.0 Å². The molecule has 0 amide bonds. The Hall–Kier alpha value is -0.740. The number of thioether (sulfide) groups is 1. The summed E-state index contributed by atoms with van der Waals surface area (Å²) in [4.78, 5) is 4.28. The largest absolute Gasteiger partial charge is 0.495 e. The maximum atomic E-state index is 5.28. The van der Waals surface area contributed by atoms with Gasteiger partial charge in [0.15, 0.2) is 0 Å². The maximum Gasteiger partial charge on any atom is 0.137 e. The van der Waals surface area contributed by atoms with Crippen molar-refractivity contribution < 1.29 is 4.74 Å². The molecular weight excluding hydrogens is 244 g/mol. The third-order valence-corrected chi connectivity index (χ3v) is 4.57. The van der Waals surface area contributed by atoms with E-state index in [2.05, 4.69) is 35.1 Å². The summed E-state index contributed by atoms with van der Waals surface area (Å²) >= 11 is 2.06. The summed E-state index contributed by atoms with van der Waals surface area (Å²) in [5, 5.41) is 3.67. The molecule has 0 radical (unpaired) electrons. The van der Waals surface area contributed by atoms with E-state index in [9.17, 15) is 0 Å². The van der Waals surface area contributed by atoms with Crippen LogP contribution in [-0.2, 0) is 0 Å². The second-order valence-corrected chi connectivity index (χ2v) is 5.86. The van der Waals surface area contributed by atoms with Gasteiger partial charge in [-0.15, -0.1) is 0 Å². The summed E-state index contributed by atoms with van der Waals surface area (Å²) < 4.78 is 5.28. The van der Waals surface area contributed by atoms with Gasteiger partial charge >= 0.3 is 0 Å². The molecule has 4 heteroatoms. The molecule has 18 heavy (non-hydrogen) atoms. The molecular formula is C14H22N2OS. The zero-order valence-electron chi connectivity index (χ0n) is 11.2. The summed E-state index contributed by atoms with van der Waals surface area (Å²) in [5.41, 5.74) is 1.26. The highest BCUT2D eigenvalue weighted by molar-refractivity contribution is 7.99. The summed E-state index contributed by atoms with van der Waals surface area (Å²) in [6.45, 7) is 3.26. The van der Waals surface area contributed by atoms with Crippen LogP contribution in [0.1, 0.15) is 31.4 Å². The number of pyridine rings is 1. The van der Waals surface area contributed by atoms with Gasteiger partial charge in [0.05, 0.1) is 13.3 Å². The lowest BCUT2D eigenvalue weighted by atomic mass is 9.93. The average Bonchev–Trinajstić information content (AvgIpc) is 2.93. The zero-order valence-corrected chi connectivity index (χ0v) is 12.0. The molecule has 1 N–H and O–H groups in total. The van der Waals surface area contributed by atoms with Crippen molar-refractivity contribution in [2.45, 2.75) is 25.8 Å². The monoisotopic (exact) mass is 266 g/mol. The van der Waals surface area contributed by atoms with Crippen molar-refractivity contribution in [1.82, 2.24) is 10.3 Å². The third-order valence-electron chi connectivity index (χ3n) is 3.38. The summed E-state index contributed by atoms with van der Waals surface area (Å²) in [6.07, 6.45) is 6.19. The molecule has 1 aromatic heterocycles. The molecule has 0 aliphatic carbocycles. The second kappa shape index (κ2) is 7.00. The standard InChI is InChI=1S/C14H22N2OS/c1-3-5-16-14(11-4-6-18-10-11)12-7-13(17-2)9-15-8-12/h7-9,11,14,16H,3-6,10H2,1-2H3. The fourth-order valence-corrected chi connectivity index (χ4v) is 3.69. The van der Waals surface area contributed by atoms with Crippen LogP contribution >= 0.6 is 11.8 Å². The number of hydrogen-bond acceptors (Lipinski definition) is 4. The Kier molecular flexibility index (Phi) is 5.32. The molecule has 3 nitrogen and oxygen atoms in total. The normalized spacial score (nSPS) is 20.9. The minimum absolute atomic E-state index is 0.419. The molecule has 0 saturated carbocycles. The molecule has 1 aromatic rings. The van der Waals surface area contributed by atoms with Crippen LogP contribution in [0.4, 0.5) is 0 Å². The van der Waals surface area contributed by atoms with Crippen molar-refractivity contribution >= 4 is 11.8 Å². The first kappa shape index (κ1) is 13.7. The van der Waals surface area contributed by atoms with E-state index in [4.69, 9.17) is 4.74 Å². The van der Waals surface area contributed by atoms with Crippen molar-refractivity contribution in [3.8, 4) is 5.75 Å². The molecule has 0 bridgehead atoms. The van der Waals surface area contributed by atoms with Gasteiger partial charge in [0.25, 0.3) is 0 Å². The van der Waals surface area contributed by atoms with Gasteiger partial charge in [-0.25, -0.2) is 0 Å². The van der Waals surface area contributed by atoms with E-state index in [0.717, 1.165) is 24.6 Å². The van der Waals surface area contributed by atoms with Gasteiger partial charge in [-0.2, -0.15) is 11.8 Å². The van der Waals surface area contributed by atoms with Crippen LogP contribution in [0.15, 0.2) is 18.5 Å². The van der Waals surface area contributed by atoms with E-state index in [1.54, 1.807) is 13.3 Å². The minimum atomic E-state index is 0.419. The van der Waals surface area contributed by atoms with Crippen LogP contribution in [0.2, 0.25) is 0 Å².